The van der Waals surface area contributed by atoms with E-state index in [1.54, 1.807) is 0 Å². The first kappa shape index (κ1) is 17.8. The molecule has 1 saturated heterocycles. The van der Waals surface area contributed by atoms with Crippen molar-refractivity contribution >= 4 is 21.9 Å². The summed E-state index contributed by atoms with van der Waals surface area (Å²) in [5.74, 6) is 1.26. The summed E-state index contributed by atoms with van der Waals surface area (Å²) < 4.78 is 6.00. The zero-order chi connectivity index (χ0) is 17.0. The van der Waals surface area contributed by atoms with Gasteiger partial charge in [0.1, 0.15) is 5.60 Å². The van der Waals surface area contributed by atoms with Gasteiger partial charge in [-0.05, 0) is 68.1 Å². The van der Waals surface area contributed by atoms with Crippen molar-refractivity contribution in [2.75, 3.05) is 0 Å². The van der Waals surface area contributed by atoms with Crippen molar-refractivity contribution < 1.29 is 9.53 Å². The Bertz CT molecular complexity index is 488. The Morgan fingerprint density at radius 3 is 2.52 bits per heavy atom. The number of ether oxygens (including phenoxy) is 1. The minimum absolute atomic E-state index is 0.0403. The minimum Gasteiger partial charge on any atom is -0.459 e. The molecule has 23 heavy (non-hydrogen) atoms. The van der Waals surface area contributed by atoms with E-state index >= 15 is 0 Å². The van der Waals surface area contributed by atoms with Gasteiger partial charge in [0.15, 0.2) is 0 Å². The predicted octanol–water partition coefficient (Wildman–Crippen LogP) is 5.72. The molecule has 0 amide bonds. The molecule has 0 aromatic heterocycles. The molecule has 1 aliphatic heterocycles. The first-order valence-electron chi connectivity index (χ1n) is 9.50. The molecule has 0 bridgehead atoms. The van der Waals surface area contributed by atoms with E-state index in [1.807, 2.05) is 0 Å². The summed E-state index contributed by atoms with van der Waals surface area (Å²) in [6, 6.07) is 0. The van der Waals surface area contributed by atoms with Gasteiger partial charge in [0.25, 0.3) is 0 Å². The quantitative estimate of drug-likeness (QED) is 0.426. The molecule has 3 unspecified atom stereocenters. The Balaban J connectivity index is 1.99. The van der Waals surface area contributed by atoms with Gasteiger partial charge in [-0.3, -0.25) is 4.79 Å². The van der Waals surface area contributed by atoms with Gasteiger partial charge >= 0.3 is 5.97 Å². The second-order valence-corrected chi connectivity index (χ2v) is 10.7. The van der Waals surface area contributed by atoms with Gasteiger partial charge in [0.05, 0.1) is 5.92 Å². The van der Waals surface area contributed by atoms with Crippen LogP contribution in [-0.4, -0.2) is 16.4 Å². The Hall–Kier alpha value is -0.0500. The molecule has 6 atom stereocenters. The summed E-state index contributed by atoms with van der Waals surface area (Å²) in [6.45, 7) is 11.6. The van der Waals surface area contributed by atoms with E-state index in [0.29, 0.717) is 17.3 Å². The zero-order valence-electron chi connectivity index (χ0n) is 15.5. The summed E-state index contributed by atoms with van der Waals surface area (Å²) in [7, 11) is 0. The Kier molecular flexibility index (Phi) is 4.44. The van der Waals surface area contributed by atoms with E-state index in [-0.39, 0.29) is 27.7 Å². The van der Waals surface area contributed by atoms with Gasteiger partial charge < -0.3 is 4.74 Å². The Labute approximate surface area is 150 Å². The third-order valence-electron chi connectivity index (χ3n) is 7.76. The zero-order valence-corrected chi connectivity index (χ0v) is 17.0. The number of carbonyl (C=O) groups is 1. The van der Waals surface area contributed by atoms with Crippen molar-refractivity contribution in [3.8, 4) is 0 Å². The highest BCUT2D eigenvalue weighted by atomic mass is 79.9. The van der Waals surface area contributed by atoms with Crippen LogP contribution in [0, 0.1) is 28.6 Å². The van der Waals surface area contributed by atoms with Gasteiger partial charge in [-0.25, -0.2) is 0 Å². The van der Waals surface area contributed by atoms with Crippen molar-refractivity contribution in [1.29, 1.82) is 0 Å². The van der Waals surface area contributed by atoms with Crippen LogP contribution in [0.4, 0.5) is 0 Å². The smallest absolute Gasteiger partial charge is 0.310 e. The summed E-state index contributed by atoms with van der Waals surface area (Å²) in [5.41, 5.74) is 0.403. The van der Waals surface area contributed by atoms with E-state index in [4.69, 9.17) is 4.74 Å². The van der Waals surface area contributed by atoms with Crippen LogP contribution in [-0.2, 0) is 9.53 Å². The van der Waals surface area contributed by atoms with E-state index in [1.165, 1.54) is 19.3 Å². The van der Waals surface area contributed by atoms with Gasteiger partial charge in [-0.2, -0.15) is 0 Å². The standard InChI is InChI=1S/C20H33BrO2/c1-6-19(4)11-8-13-16(17(22)23-19)14(21)12-15-18(2,3)9-7-10-20(13,15)5/h13-16H,6-12H2,1-5H3/t13?,14-,15?,16+,19?,20-/m1/s1. The van der Waals surface area contributed by atoms with Gasteiger partial charge in [0.2, 0.25) is 0 Å². The molecule has 132 valence electrons. The molecular weight excluding hydrogens is 352 g/mol. The maximum Gasteiger partial charge on any atom is 0.310 e. The molecule has 3 aliphatic rings. The third kappa shape index (κ3) is 2.79. The Morgan fingerprint density at radius 1 is 1.17 bits per heavy atom. The number of hydrogen-bond acceptors (Lipinski definition) is 2. The highest BCUT2D eigenvalue weighted by Crippen LogP contribution is 2.64. The second kappa shape index (κ2) is 5.75. The summed E-state index contributed by atoms with van der Waals surface area (Å²) in [4.78, 5) is 13.2. The first-order valence-corrected chi connectivity index (χ1v) is 10.4. The fourth-order valence-corrected chi connectivity index (χ4v) is 7.08. The normalized spacial score (nSPS) is 49.6. The van der Waals surface area contributed by atoms with E-state index in [0.717, 1.165) is 25.7 Å². The monoisotopic (exact) mass is 384 g/mol. The molecule has 3 rings (SSSR count). The van der Waals surface area contributed by atoms with Crippen molar-refractivity contribution in [2.24, 2.45) is 28.6 Å². The topological polar surface area (TPSA) is 26.3 Å². The van der Waals surface area contributed by atoms with Crippen LogP contribution in [0.2, 0.25) is 0 Å². The fraction of sp³-hybridized carbons (Fsp3) is 0.950. The lowest BCUT2D eigenvalue weighted by atomic mass is 9.46. The van der Waals surface area contributed by atoms with Crippen LogP contribution >= 0.6 is 15.9 Å². The first-order chi connectivity index (χ1) is 10.6. The SMILES string of the molecule is CCC1(C)CCC2[C@H](C(=O)O1)[C@H](Br)CC1C(C)(C)CCC[C@]21C. The minimum atomic E-state index is -0.267. The Morgan fingerprint density at radius 2 is 1.87 bits per heavy atom. The van der Waals surface area contributed by atoms with Crippen molar-refractivity contribution in [1.82, 2.24) is 0 Å². The number of fused-ring (bicyclic) bond motifs is 3. The van der Waals surface area contributed by atoms with Crippen LogP contribution in [0.25, 0.3) is 0 Å². The average molecular weight is 385 g/mol. The van der Waals surface area contributed by atoms with Gasteiger partial charge in [0, 0.05) is 4.83 Å². The van der Waals surface area contributed by atoms with Crippen molar-refractivity contribution in [3.05, 3.63) is 0 Å². The molecule has 1 heterocycles. The molecule has 0 spiro atoms. The summed E-state index contributed by atoms with van der Waals surface area (Å²) >= 11 is 3.90. The van der Waals surface area contributed by atoms with Crippen LogP contribution in [0.15, 0.2) is 0 Å². The maximum atomic E-state index is 13.0. The number of carbonyl (C=O) groups excluding carboxylic acids is 1. The van der Waals surface area contributed by atoms with E-state index < -0.39 is 0 Å². The largest absolute Gasteiger partial charge is 0.459 e. The number of alkyl halides is 1. The molecule has 2 saturated carbocycles. The number of halogens is 1. The molecule has 0 aromatic rings. The lowest BCUT2D eigenvalue weighted by Crippen LogP contribution is -2.56. The highest BCUT2D eigenvalue weighted by molar-refractivity contribution is 9.09. The van der Waals surface area contributed by atoms with Crippen molar-refractivity contribution in [2.45, 2.75) is 90.0 Å². The molecule has 2 nitrogen and oxygen atoms in total. The number of hydrogen-bond donors (Lipinski definition) is 0. The molecule has 2 aliphatic carbocycles. The number of cyclic esters (lactones) is 1. The average Bonchev–Trinajstić information content (AvgIpc) is 2.59. The van der Waals surface area contributed by atoms with Gasteiger partial charge in [-0.15, -0.1) is 0 Å². The molecule has 0 radical (unpaired) electrons. The van der Waals surface area contributed by atoms with Crippen LogP contribution < -0.4 is 0 Å². The number of esters is 1. The summed E-state index contributed by atoms with van der Waals surface area (Å²) in [5, 5.41) is 0. The van der Waals surface area contributed by atoms with Crippen LogP contribution in [0.5, 0.6) is 0 Å². The lowest BCUT2D eigenvalue weighted by Gasteiger charge is -2.59. The molecule has 3 heteroatoms. The second-order valence-electron chi connectivity index (χ2n) is 9.55. The van der Waals surface area contributed by atoms with E-state index in [2.05, 4.69) is 50.5 Å². The van der Waals surface area contributed by atoms with Gasteiger partial charge in [-0.1, -0.05) is 50.0 Å². The van der Waals surface area contributed by atoms with Crippen LogP contribution in [0.3, 0.4) is 0 Å². The van der Waals surface area contributed by atoms with Crippen molar-refractivity contribution in [3.63, 3.8) is 0 Å². The molecular formula is C20H33BrO2. The molecule has 0 N–H and O–H groups in total. The lowest BCUT2D eigenvalue weighted by molar-refractivity contribution is -0.169. The fourth-order valence-electron chi connectivity index (χ4n) is 6.13. The molecule has 3 fully saturated rings. The maximum absolute atomic E-state index is 13.0. The van der Waals surface area contributed by atoms with Crippen LogP contribution in [0.1, 0.15) is 79.6 Å². The third-order valence-corrected chi connectivity index (χ3v) is 8.70. The summed E-state index contributed by atoms with van der Waals surface area (Å²) in [6.07, 6.45) is 8.07. The highest BCUT2D eigenvalue weighted by Gasteiger charge is 2.60. The number of rotatable bonds is 1. The van der Waals surface area contributed by atoms with E-state index in [9.17, 15) is 4.79 Å². The molecule has 0 aromatic carbocycles. The predicted molar refractivity (Wildman–Crippen MR) is 97.6 cm³/mol.